The van der Waals surface area contributed by atoms with E-state index in [2.05, 4.69) is 4.72 Å². The van der Waals surface area contributed by atoms with Crippen molar-refractivity contribution in [2.45, 2.75) is 24.8 Å². The molecular formula is C16H17F2NO3S. The van der Waals surface area contributed by atoms with E-state index in [0.29, 0.717) is 12.5 Å². The lowest BCUT2D eigenvalue weighted by Crippen LogP contribution is -2.27. The molecule has 2 N–H and O–H groups in total. The highest BCUT2D eigenvalue weighted by atomic mass is 32.2. The van der Waals surface area contributed by atoms with E-state index in [4.69, 9.17) is 5.11 Å². The van der Waals surface area contributed by atoms with Crippen molar-refractivity contribution in [3.8, 4) is 0 Å². The summed E-state index contributed by atoms with van der Waals surface area (Å²) in [4.78, 5) is -0.698. The van der Waals surface area contributed by atoms with Gasteiger partial charge in [0.1, 0.15) is 16.5 Å². The fourth-order valence-corrected chi connectivity index (χ4v) is 3.15. The molecule has 0 saturated carbocycles. The lowest BCUT2D eigenvalue weighted by molar-refractivity contribution is 0.282. The minimum atomic E-state index is -4.12. The molecule has 0 aliphatic rings. The largest absolute Gasteiger partial charge is 0.392 e. The van der Waals surface area contributed by atoms with E-state index in [0.717, 1.165) is 17.2 Å². The second-order valence-electron chi connectivity index (χ2n) is 5.15. The Morgan fingerprint density at radius 2 is 1.65 bits per heavy atom. The number of rotatable bonds is 6. The monoisotopic (exact) mass is 341 g/mol. The highest BCUT2D eigenvalue weighted by Gasteiger charge is 2.20. The van der Waals surface area contributed by atoms with Crippen LogP contribution < -0.4 is 4.72 Å². The van der Waals surface area contributed by atoms with Crippen LogP contribution in [0.5, 0.6) is 0 Å². The average Bonchev–Trinajstić information content (AvgIpc) is 2.51. The first-order valence-electron chi connectivity index (χ1n) is 6.97. The molecule has 0 fully saturated rings. The topological polar surface area (TPSA) is 66.4 Å². The van der Waals surface area contributed by atoms with Crippen molar-refractivity contribution in [1.82, 2.24) is 4.72 Å². The summed E-state index contributed by atoms with van der Waals surface area (Å²) in [5.41, 5.74) is 1.66. The number of benzene rings is 2. The summed E-state index contributed by atoms with van der Waals surface area (Å²) >= 11 is 0. The number of hydrogen-bond acceptors (Lipinski definition) is 3. The van der Waals surface area contributed by atoms with Gasteiger partial charge in [-0.15, -0.1) is 0 Å². The first-order valence-corrected chi connectivity index (χ1v) is 8.46. The molecule has 0 heterocycles. The average molecular weight is 341 g/mol. The molecule has 0 spiro atoms. The van der Waals surface area contributed by atoms with E-state index >= 15 is 0 Å². The zero-order valence-corrected chi connectivity index (χ0v) is 13.3. The van der Waals surface area contributed by atoms with Crippen LogP contribution in [-0.4, -0.2) is 20.1 Å². The molecule has 4 nitrogen and oxygen atoms in total. The highest BCUT2D eigenvalue weighted by Crippen LogP contribution is 2.18. The lowest BCUT2D eigenvalue weighted by Gasteiger charge is -2.09. The summed E-state index contributed by atoms with van der Waals surface area (Å²) in [5.74, 6) is -1.75. The van der Waals surface area contributed by atoms with E-state index < -0.39 is 26.6 Å². The first kappa shape index (κ1) is 17.5. The van der Waals surface area contributed by atoms with Crippen LogP contribution in [0.15, 0.2) is 41.3 Å². The Morgan fingerprint density at radius 3 is 2.26 bits per heavy atom. The first-order chi connectivity index (χ1) is 10.8. The molecule has 0 radical (unpaired) electrons. The Hall–Kier alpha value is -1.83. The van der Waals surface area contributed by atoms with Gasteiger partial charge >= 0.3 is 0 Å². The number of aliphatic hydroxyl groups is 1. The molecule has 0 unspecified atom stereocenters. The van der Waals surface area contributed by atoms with E-state index in [1.165, 1.54) is 6.92 Å². The molecule has 0 aliphatic carbocycles. The van der Waals surface area contributed by atoms with Gasteiger partial charge in [-0.2, -0.15) is 0 Å². The van der Waals surface area contributed by atoms with Gasteiger partial charge in [0.15, 0.2) is 0 Å². The quantitative estimate of drug-likeness (QED) is 0.847. The minimum Gasteiger partial charge on any atom is -0.392 e. The van der Waals surface area contributed by atoms with Crippen molar-refractivity contribution in [3.63, 3.8) is 0 Å². The van der Waals surface area contributed by atoms with E-state index in [1.54, 1.807) is 24.3 Å². The van der Waals surface area contributed by atoms with Crippen LogP contribution in [-0.2, 0) is 23.1 Å². The van der Waals surface area contributed by atoms with Crippen molar-refractivity contribution in [1.29, 1.82) is 0 Å². The highest BCUT2D eigenvalue weighted by molar-refractivity contribution is 7.89. The van der Waals surface area contributed by atoms with Crippen LogP contribution in [0.4, 0.5) is 8.78 Å². The number of hydrogen-bond donors (Lipinski definition) is 2. The van der Waals surface area contributed by atoms with Crippen LogP contribution in [0.1, 0.15) is 16.7 Å². The van der Waals surface area contributed by atoms with Gasteiger partial charge in [-0.05, 0) is 42.2 Å². The maximum absolute atomic E-state index is 13.8. The maximum Gasteiger partial charge on any atom is 0.243 e. The van der Waals surface area contributed by atoms with Crippen LogP contribution in [0.3, 0.4) is 0 Å². The number of aryl methyl sites for hydroxylation is 1. The Balaban J connectivity index is 2.05. The summed E-state index contributed by atoms with van der Waals surface area (Å²) in [6.45, 7) is 1.35. The summed E-state index contributed by atoms with van der Waals surface area (Å²) in [5, 5.41) is 8.95. The van der Waals surface area contributed by atoms with Gasteiger partial charge in [-0.25, -0.2) is 21.9 Å². The lowest BCUT2D eigenvalue weighted by atomic mass is 10.1. The molecular weight excluding hydrogens is 324 g/mol. The molecule has 23 heavy (non-hydrogen) atoms. The summed E-state index contributed by atoms with van der Waals surface area (Å²) in [6, 6.07) is 8.55. The molecule has 2 aromatic carbocycles. The van der Waals surface area contributed by atoms with Gasteiger partial charge < -0.3 is 5.11 Å². The fourth-order valence-electron chi connectivity index (χ4n) is 2.05. The van der Waals surface area contributed by atoms with Gasteiger partial charge in [0.25, 0.3) is 0 Å². The fraction of sp³-hybridized carbons (Fsp3) is 0.250. The minimum absolute atomic E-state index is 0.0467. The SMILES string of the molecule is Cc1cc(F)c(S(=O)(=O)NCCc2ccc(CO)cc2)cc1F. The molecule has 0 bridgehead atoms. The zero-order valence-electron chi connectivity index (χ0n) is 12.5. The molecule has 0 aromatic heterocycles. The van der Waals surface area contributed by atoms with Gasteiger partial charge in [0.05, 0.1) is 6.61 Å². The summed E-state index contributed by atoms with van der Waals surface area (Å²) in [7, 11) is -4.12. The second kappa shape index (κ2) is 7.16. The number of sulfonamides is 1. The molecule has 2 rings (SSSR count). The zero-order chi connectivity index (χ0) is 17.0. The molecule has 7 heteroatoms. The Labute approximate surface area is 133 Å². The normalized spacial score (nSPS) is 11.7. The summed E-state index contributed by atoms with van der Waals surface area (Å²) < 4.78 is 53.6. The number of aliphatic hydroxyl groups excluding tert-OH is 1. The smallest absolute Gasteiger partial charge is 0.243 e. The van der Waals surface area contributed by atoms with E-state index in [1.807, 2.05) is 0 Å². The van der Waals surface area contributed by atoms with Crippen molar-refractivity contribution in [2.75, 3.05) is 6.54 Å². The second-order valence-corrected chi connectivity index (χ2v) is 6.89. The van der Waals surface area contributed by atoms with Crippen LogP contribution >= 0.6 is 0 Å². The van der Waals surface area contributed by atoms with Gasteiger partial charge in [-0.1, -0.05) is 24.3 Å². The van der Waals surface area contributed by atoms with Crippen molar-refractivity contribution in [2.24, 2.45) is 0 Å². The van der Waals surface area contributed by atoms with Crippen LogP contribution in [0.2, 0.25) is 0 Å². The molecule has 2 aromatic rings. The molecule has 0 aliphatic heterocycles. The molecule has 0 amide bonds. The summed E-state index contributed by atoms with van der Waals surface area (Å²) in [6.07, 6.45) is 0.390. The maximum atomic E-state index is 13.8. The third-order valence-corrected chi connectivity index (χ3v) is 4.89. The van der Waals surface area contributed by atoms with Crippen molar-refractivity contribution < 1.29 is 22.3 Å². The molecule has 124 valence electrons. The van der Waals surface area contributed by atoms with Crippen molar-refractivity contribution >= 4 is 10.0 Å². The van der Waals surface area contributed by atoms with Gasteiger partial charge in [-0.3, -0.25) is 0 Å². The third-order valence-electron chi connectivity index (χ3n) is 3.41. The van der Waals surface area contributed by atoms with Gasteiger partial charge in [0.2, 0.25) is 10.0 Å². The van der Waals surface area contributed by atoms with Crippen LogP contribution in [0, 0.1) is 18.6 Å². The number of nitrogens with one attached hydrogen (secondary N) is 1. The van der Waals surface area contributed by atoms with Gasteiger partial charge in [0, 0.05) is 6.54 Å². The molecule has 0 atom stereocenters. The third kappa shape index (κ3) is 4.34. The van der Waals surface area contributed by atoms with Crippen molar-refractivity contribution in [3.05, 3.63) is 64.7 Å². The Bertz CT molecular complexity index is 790. The molecule has 0 saturated heterocycles. The Kier molecular flexibility index (Phi) is 5.46. The Morgan fingerprint density at radius 1 is 1.04 bits per heavy atom. The van der Waals surface area contributed by atoms with E-state index in [-0.39, 0.29) is 18.7 Å². The standard InChI is InChI=1S/C16H17F2NO3S/c1-11-8-15(18)16(9-14(11)17)23(21,22)19-7-6-12-2-4-13(10-20)5-3-12/h2-5,8-9,19-20H,6-7,10H2,1H3. The van der Waals surface area contributed by atoms with E-state index in [9.17, 15) is 17.2 Å². The number of halogens is 2. The van der Waals surface area contributed by atoms with Crippen LogP contribution in [0.25, 0.3) is 0 Å². The predicted molar refractivity (Wildman–Crippen MR) is 82.4 cm³/mol. The predicted octanol–water partition coefficient (Wildman–Crippen LogP) is 2.29.